The van der Waals surface area contributed by atoms with E-state index in [1.807, 2.05) is 30.3 Å². The third-order valence-corrected chi connectivity index (χ3v) is 5.85. The number of para-hydroxylation sites is 1. The minimum Gasteiger partial charge on any atom is -0.467 e. The molecule has 0 saturated heterocycles. The van der Waals surface area contributed by atoms with Crippen molar-refractivity contribution in [2.45, 2.75) is 35.8 Å². The van der Waals surface area contributed by atoms with Crippen LogP contribution in [0, 0.1) is 0 Å². The Morgan fingerprint density at radius 3 is 2.23 bits per heavy atom. The van der Waals surface area contributed by atoms with Crippen LogP contribution in [0.3, 0.4) is 0 Å². The van der Waals surface area contributed by atoms with Crippen LogP contribution < -0.4 is 10.6 Å². The fourth-order valence-electron chi connectivity index (χ4n) is 3.69. The van der Waals surface area contributed by atoms with Crippen LogP contribution in [0.4, 0.5) is 9.59 Å². The van der Waals surface area contributed by atoms with Gasteiger partial charge in [-0.05, 0) is 24.1 Å². The molecule has 0 unspecified atom stereocenters. The maximum absolute atomic E-state index is 13.3. The van der Waals surface area contributed by atoms with Crippen LogP contribution in [0.25, 0.3) is 10.9 Å². The van der Waals surface area contributed by atoms with Crippen LogP contribution in [0.5, 0.6) is 0 Å². The average molecular weight is 599 g/mol. The number of amides is 2. The molecule has 39 heavy (non-hydrogen) atoms. The van der Waals surface area contributed by atoms with Gasteiger partial charge in [0, 0.05) is 18.0 Å². The van der Waals surface area contributed by atoms with E-state index in [0.717, 1.165) is 5.56 Å². The molecule has 0 radical (unpaired) electrons. The summed E-state index contributed by atoms with van der Waals surface area (Å²) in [6, 6.07) is 14.0. The highest BCUT2D eigenvalue weighted by Gasteiger charge is 2.28. The first-order valence-electron chi connectivity index (χ1n) is 11.7. The molecule has 0 aliphatic carbocycles. The number of hydrogen-bond acceptors (Lipinski definition) is 7. The highest BCUT2D eigenvalue weighted by atomic mass is 35.6. The lowest BCUT2D eigenvalue weighted by atomic mass is 10.1. The number of aromatic nitrogens is 1. The van der Waals surface area contributed by atoms with Crippen molar-refractivity contribution in [3.63, 3.8) is 0 Å². The number of carbonyl (C=O) groups excluding carboxylic acids is 4. The zero-order valence-electron chi connectivity index (χ0n) is 21.0. The Kier molecular flexibility index (Phi) is 10.4. The maximum Gasteiger partial charge on any atom is 0.408 e. The summed E-state index contributed by atoms with van der Waals surface area (Å²) in [4.78, 5) is 50.2. The third kappa shape index (κ3) is 8.77. The molecular weight excluding hydrogens is 573 g/mol. The quantitative estimate of drug-likeness (QED) is 0.206. The third-order valence-electron chi connectivity index (χ3n) is 5.52. The van der Waals surface area contributed by atoms with Gasteiger partial charge in [0.15, 0.2) is 0 Å². The fraction of sp³-hybridized carbons (Fsp3) is 0.308. The Morgan fingerprint density at radius 1 is 0.923 bits per heavy atom. The van der Waals surface area contributed by atoms with Crippen molar-refractivity contribution in [1.82, 2.24) is 15.2 Å². The number of hydrogen-bond donors (Lipinski definition) is 2. The minimum atomic E-state index is -1.83. The Morgan fingerprint density at radius 2 is 1.56 bits per heavy atom. The van der Waals surface area contributed by atoms with E-state index >= 15 is 0 Å². The second kappa shape index (κ2) is 13.5. The lowest BCUT2D eigenvalue weighted by Crippen LogP contribution is -2.44. The second-order valence-electron chi connectivity index (χ2n) is 8.42. The summed E-state index contributed by atoms with van der Waals surface area (Å²) in [5, 5.41) is 5.57. The molecule has 0 aliphatic heterocycles. The number of methoxy groups -OCH3 is 1. The number of alkyl carbamates (subject to hydrolysis) is 2. The van der Waals surface area contributed by atoms with Crippen LogP contribution in [0.1, 0.15) is 22.8 Å². The summed E-state index contributed by atoms with van der Waals surface area (Å²) in [6.45, 7) is 1.04. The van der Waals surface area contributed by atoms with E-state index in [1.54, 1.807) is 24.3 Å². The van der Waals surface area contributed by atoms with E-state index in [-0.39, 0.29) is 13.0 Å². The van der Waals surface area contributed by atoms with Gasteiger partial charge in [0.05, 0.1) is 12.6 Å². The van der Waals surface area contributed by atoms with Crippen LogP contribution in [-0.4, -0.2) is 58.2 Å². The number of esters is 1. The lowest BCUT2D eigenvalue weighted by Gasteiger charge is -2.17. The zero-order chi connectivity index (χ0) is 28.6. The van der Waals surface area contributed by atoms with Gasteiger partial charge in [0.25, 0.3) is 5.91 Å². The molecule has 0 spiro atoms. The number of rotatable bonds is 9. The van der Waals surface area contributed by atoms with E-state index in [9.17, 15) is 19.2 Å². The van der Waals surface area contributed by atoms with Crippen molar-refractivity contribution in [1.29, 1.82) is 0 Å². The molecule has 0 bridgehead atoms. The van der Waals surface area contributed by atoms with Gasteiger partial charge >= 0.3 is 18.2 Å². The van der Waals surface area contributed by atoms with Gasteiger partial charge in [-0.2, -0.15) is 0 Å². The van der Waals surface area contributed by atoms with Gasteiger partial charge in [-0.3, -0.25) is 9.36 Å². The predicted molar refractivity (Wildman–Crippen MR) is 146 cm³/mol. The first-order valence-corrected chi connectivity index (χ1v) is 12.8. The average Bonchev–Trinajstić information content (AvgIpc) is 3.28. The van der Waals surface area contributed by atoms with Crippen molar-refractivity contribution in [3.05, 3.63) is 71.9 Å². The molecule has 1 heterocycles. The normalized spacial score (nSPS) is 12.7. The molecule has 2 amide bonds. The Labute approximate surface area is 239 Å². The number of nitrogens with zero attached hydrogens (tertiary/aromatic N) is 1. The summed E-state index contributed by atoms with van der Waals surface area (Å²) in [5.41, 5.74) is 1.89. The topological polar surface area (TPSA) is 125 Å². The molecule has 3 aromatic rings. The van der Waals surface area contributed by atoms with Gasteiger partial charge in [-0.1, -0.05) is 83.3 Å². The standard InChI is InChI=1S/C26H26Cl3N3O7/c1-16(30-24(35)38-14-17-8-4-3-5-9-17)22(33)32-13-18(19-10-6-7-11-21(19)32)12-20(23(34)37-2)31-25(36)39-15-26(27,28)29/h3-11,13,16,20H,12,14-15H2,1-2H3,(H,30,35)(H,31,36)/t16-,20+/m0/s1. The minimum absolute atomic E-state index is 0.0444. The predicted octanol–water partition coefficient (Wildman–Crippen LogP) is 4.78. The molecule has 1 aromatic heterocycles. The molecule has 208 valence electrons. The van der Waals surface area contributed by atoms with E-state index in [1.165, 1.54) is 24.8 Å². The molecule has 10 nitrogen and oxygen atoms in total. The summed E-state index contributed by atoms with van der Waals surface area (Å²) in [7, 11) is 1.17. The maximum atomic E-state index is 13.3. The molecule has 0 fully saturated rings. The van der Waals surface area contributed by atoms with Crippen molar-refractivity contribution in [2.75, 3.05) is 13.7 Å². The van der Waals surface area contributed by atoms with Crippen molar-refractivity contribution < 1.29 is 33.4 Å². The number of carbonyl (C=O) groups is 4. The number of halogens is 3. The van der Waals surface area contributed by atoms with Gasteiger partial charge in [-0.25, -0.2) is 14.4 Å². The molecular formula is C26H26Cl3N3O7. The highest BCUT2D eigenvalue weighted by Crippen LogP contribution is 2.26. The van der Waals surface area contributed by atoms with E-state index in [4.69, 9.17) is 49.0 Å². The van der Waals surface area contributed by atoms with E-state index in [2.05, 4.69) is 10.6 Å². The van der Waals surface area contributed by atoms with E-state index in [0.29, 0.717) is 16.5 Å². The molecule has 3 rings (SSSR count). The van der Waals surface area contributed by atoms with E-state index < -0.39 is 46.5 Å². The SMILES string of the molecule is COC(=O)[C@@H](Cc1cn(C(=O)[C@H](C)NC(=O)OCc2ccccc2)c2ccccc12)NC(=O)OCC(Cl)(Cl)Cl. The zero-order valence-corrected chi connectivity index (χ0v) is 23.3. The monoisotopic (exact) mass is 597 g/mol. The first-order chi connectivity index (χ1) is 18.5. The van der Waals surface area contributed by atoms with Crippen LogP contribution in [0.15, 0.2) is 60.8 Å². The van der Waals surface area contributed by atoms with Crippen LogP contribution in [0.2, 0.25) is 0 Å². The smallest absolute Gasteiger partial charge is 0.408 e. The largest absolute Gasteiger partial charge is 0.467 e. The number of nitrogens with one attached hydrogen (secondary N) is 2. The number of alkyl halides is 3. The number of ether oxygens (including phenoxy) is 3. The van der Waals surface area contributed by atoms with Crippen LogP contribution >= 0.6 is 34.8 Å². The van der Waals surface area contributed by atoms with Crippen molar-refractivity contribution in [2.24, 2.45) is 0 Å². The van der Waals surface area contributed by atoms with Gasteiger partial charge < -0.3 is 24.8 Å². The number of fused-ring (bicyclic) bond motifs is 1. The van der Waals surface area contributed by atoms with Gasteiger partial charge in [-0.15, -0.1) is 0 Å². The Balaban J connectivity index is 1.74. The Hall–Kier alpha value is -3.47. The number of benzene rings is 2. The summed E-state index contributed by atoms with van der Waals surface area (Å²) in [6.07, 6.45) is -0.259. The van der Waals surface area contributed by atoms with Crippen molar-refractivity contribution >= 4 is 69.8 Å². The summed E-state index contributed by atoms with van der Waals surface area (Å²) < 4.78 is 14.4. The molecule has 2 aromatic carbocycles. The molecule has 13 heteroatoms. The summed E-state index contributed by atoms with van der Waals surface area (Å²) >= 11 is 16.8. The fourth-order valence-corrected chi connectivity index (χ4v) is 3.86. The van der Waals surface area contributed by atoms with Gasteiger partial charge in [0.1, 0.15) is 25.3 Å². The van der Waals surface area contributed by atoms with Crippen LogP contribution in [-0.2, 0) is 32.0 Å². The second-order valence-corrected chi connectivity index (χ2v) is 10.9. The molecule has 0 saturated carbocycles. The van der Waals surface area contributed by atoms with Gasteiger partial charge in [0.2, 0.25) is 3.79 Å². The first kappa shape index (κ1) is 30.1. The summed E-state index contributed by atoms with van der Waals surface area (Å²) in [5.74, 6) is -1.20. The van der Waals surface area contributed by atoms with Crippen molar-refractivity contribution in [3.8, 4) is 0 Å². The Bertz CT molecular complexity index is 1330. The molecule has 0 aliphatic rings. The molecule has 2 atom stereocenters. The highest BCUT2D eigenvalue weighted by molar-refractivity contribution is 6.67. The lowest BCUT2D eigenvalue weighted by molar-refractivity contribution is -0.142. The molecule has 2 N–H and O–H groups in total.